The van der Waals surface area contributed by atoms with Crippen molar-refractivity contribution in [2.75, 3.05) is 13.1 Å². The molecule has 3 atom stereocenters. The van der Waals surface area contributed by atoms with E-state index in [9.17, 15) is 13.2 Å². The number of aliphatic carboxylic acids is 1. The summed E-state index contributed by atoms with van der Waals surface area (Å²) < 4.78 is 28.3. The fraction of sp³-hybridized carbons (Fsp3) is 0.917. The van der Waals surface area contributed by atoms with Gasteiger partial charge in [0.2, 0.25) is 0 Å². The number of carboxylic acid groups (broad SMARTS) is 1. The highest BCUT2D eigenvalue weighted by Crippen LogP contribution is 2.19. The summed E-state index contributed by atoms with van der Waals surface area (Å²) in [6, 6.07) is -0.153. The number of hydrogen-bond acceptors (Lipinski definition) is 3. The molecule has 1 aliphatic rings. The number of rotatable bonds is 6. The number of hydrogen-bond donors (Lipinski definition) is 2. The van der Waals surface area contributed by atoms with Gasteiger partial charge in [0.25, 0.3) is 10.2 Å². The lowest BCUT2D eigenvalue weighted by Crippen LogP contribution is -2.50. The monoisotopic (exact) mass is 292 g/mol. The summed E-state index contributed by atoms with van der Waals surface area (Å²) in [6.45, 7) is 6.30. The first kappa shape index (κ1) is 16.4. The van der Waals surface area contributed by atoms with E-state index in [1.807, 2.05) is 20.8 Å². The van der Waals surface area contributed by atoms with E-state index in [-0.39, 0.29) is 18.5 Å². The van der Waals surface area contributed by atoms with E-state index in [4.69, 9.17) is 5.11 Å². The first-order chi connectivity index (χ1) is 8.77. The second kappa shape index (κ2) is 6.67. The van der Waals surface area contributed by atoms with Crippen molar-refractivity contribution in [2.45, 2.75) is 46.1 Å². The molecule has 0 radical (unpaired) electrons. The van der Waals surface area contributed by atoms with E-state index in [0.717, 1.165) is 6.42 Å². The lowest BCUT2D eigenvalue weighted by molar-refractivity contribution is -0.142. The Morgan fingerprint density at radius 1 is 1.47 bits per heavy atom. The van der Waals surface area contributed by atoms with Crippen molar-refractivity contribution in [1.29, 1.82) is 0 Å². The molecule has 0 aromatic carbocycles. The third kappa shape index (κ3) is 4.43. The summed E-state index contributed by atoms with van der Waals surface area (Å²) in [7, 11) is -3.58. The number of nitrogens with one attached hydrogen (secondary N) is 1. The Labute approximate surface area is 115 Å². The topological polar surface area (TPSA) is 86.7 Å². The quantitative estimate of drug-likeness (QED) is 0.766. The standard InChI is InChI=1S/C12H24N2O4S/c1-4-9(2)10(3)13-19(17,18)14-7-5-6-11(8-14)12(15)16/h9-11,13H,4-8H2,1-3H3,(H,15,16). The predicted molar refractivity (Wildman–Crippen MR) is 72.9 cm³/mol. The van der Waals surface area contributed by atoms with E-state index in [0.29, 0.717) is 19.4 Å². The first-order valence-electron chi connectivity index (χ1n) is 6.78. The van der Waals surface area contributed by atoms with Gasteiger partial charge >= 0.3 is 5.97 Å². The average molecular weight is 292 g/mol. The maximum Gasteiger partial charge on any atom is 0.307 e. The Balaban J connectivity index is 2.69. The van der Waals surface area contributed by atoms with Crippen molar-refractivity contribution in [2.24, 2.45) is 11.8 Å². The van der Waals surface area contributed by atoms with Crippen LogP contribution in [0.2, 0.25) is 0 Å². The highest BCUT2D eigenvalue weighted by molar-refractivity contribution is 7.87. The van der Waals surface area contributed by atoms with Gasteiger partial charge in [0.05, 0.1) is 5.92 Å². The lowest BCUT2D eigenvalue weighted by Gasteiger charge is -2.31. The third-order valence-corrected chi connectivity index (χ3v) is 5.59. The van der Waals surface area contributed by atoms with Crippen molar-refractivity contribution in [1.82, 2.24) is 9.03 Å². The smallest absolute Gasteiger partial charge is 0.307 e. The Morgan fingerprint density at radius 2 is 2.11 bits per heavy atom. The van der Waals surface area contributed by atoms with Crippen LogP contribution in [0, 0.1) is 11.8 Å². The molecule has 0 saturated carbocycles. The highest BCUT2D eigenvalue weighted by atomic mass is 32.2. The molecule has 1 saturated heterocycles. The molecular formula is C12H24N2O4S. The summed E-state index contributed by atoms with van der Waals surface area (Å²) in [5.41, 5.74) is 0. The fourth-order valence-electron chi connectivity index (χ4n) is 2.14. The molecule has 3 unspecified atom stereocenters. The molecule has 1 fully saturated rings. The number of piperidine rings is 1. The molecule has 19 heavy (non-hydrogen) atoms. The highest BCUT2D eigenvalue weighted by Gasteiger charge is 2.33. The van der Waals surface area contributed by atoms with Crippen LogP contribution < -0.4 is 4.72 Å². The lowest BCUT2D eigenvalue weighted by atomic mass is 10.0. The van der Waals surface area contributed by atoms with E-state index in [2.05, 4.69) is 4.72 Å². The molecule has 112 valence electrons. The van der Waals surface area contributed by atoms with Gasteiger partial charge in [-0.05, 0) is 25.7 Å². The SMILES string of the molecule is CCC(C)C(C)NS(=O)(=O)N1CCCC(C(=O)O)C1. The summed E-state index contributed by atoms with van der Waals surface area (Å²) in [6.07, 6.45) is 2.03. The van der Waals surface area contributed by atoms with Gasteiger partial charge in [-0.1, -0.05) is 20.3 Å². The van der Waals surface area contributed by atoms with Gasteiger partial charge in [-0.3, -0.25) is 4.79 Å². The largest absolute Gasteiger partial charge is 0.481 e. The molecule has 0 aliphatic carbocycles. The Morgan fingerprint density at radius 3 is 2.63 bits per heavy atom. The fourth-order valence-corrected chi connectivity index (χ4v) is 3.74. The molecule has 1 aliphatic heterocycles. The normalized spacial score (nSPS) is 24.9. The van der Waals surface area contributed by atoms with Gasteiger partial charge in [-0.2, -0.15) is 17.4 Å². The van der Waals surface area contributed by atoms with Crippen LogP contribution in [0.3, 0.4) is 0 Å². The number of carbonyl (C=O) groups is 1. The van der Waals surface area contributed by atoms with Gasteiger partial charge in [-0.25, -0.2) is 0 Å². The Hall–Kier alpha value is -0.660. The molecule has 0 aromatic rings. The molecule has 7 heteroatoms. The van der Waals surface area contributed by atoms with Gasteiger partial charge in [0.15, 0.2) is 0 Å². The van der Waals surface area contributed by atoms with Crippen molar-refractivity contribution in [3.8, 4) is 0 Å². The summed E-state index contributed by atoms with van der Waals surface area (Å²) >= 11 is 0. The van der Waals surface area contributed by atoms with Crippen LogP contribution in [0.15, 0.2) is 0 Å². The third-order valence-electron chi connectivity index (χ3n) is 3.91. The van der Waals surface area contributed by atoms with Crippen LogP contribution in [0.5, 0.6) is 0 Å². The molecular weight excluding hydrogens is 268 g/mol. The Bertz CT molecular complexity index is 410. The van der Waals surface area contributed by atoms with Crippen LogP contribution in [-0.2, 0) is 15.0 Å². The minimum Gasteiger partial charge on any atom is -0.481 e. The number of nitrogens with zero attached hydrogens (tertiary/aromatic N) is 1. The molecule has 0 spiro atoms. The van der Waals surface area contributed by atoms with E-state index in [1.54, 1.807) is 0 Å². The van der Waals surface area contributed by atoms with Crippen LogP contribution in [-0.4, -0.2) is 42.9 Å². The predicted octanol–water partition coefficient (Wildman–Crippen LogP) is 1.05. The average Bonchev–Trinajstić information content (AvgIpc) is 2.37. The first-order valence-corrected chi connectivity index (χ1v) is 8.22. The molecule has 0 aromatic heterocycles. The van der Waals surface area contributed by atoms with Crippen molar-refractivity contribution in [3.63, 3.8) is 0 Å². The van der Waals surface area contributed by atoms with Crippen molar-refractivity contribution >= 4 is 16.2 Å². The molecule has 1 rings (SSSR count). The molecule has 2 N–H and O–H groups in total. The van der Waals surface area contributed by atoms with Crippen LogP contribution in [0.25, 0.3) is 0 Å². The zero-order chi connectivity index (χ0) is 14.6. The molecule has 0 bridgehead atoms. The Kier molecular flexibility index (Phi) is 5.76. The van der Waals surface area contributed by atoms with E-state index < -0.39 is 22.1 Å². The van der Waals surface area contributed by atoms with Crippen molar-refractivity contribution in [3.05, 3.63) is 0 Å². The zero-order valence-electron chi connectivity index (χ0n) is 11.8. The minimum absolute atomic E-state index is 0.0674. The second-order valence-electron chi connectivity index (χ2n) is 5.33. The van der Waals surface area contributed by atoms with E-state index in [1.165, 1.54) is 4.31 Å². The van der Waals surface area contributed by atoms with Crippen LogP contribution >= 0.6 is 0 Å². The zero-order valence-corrected chi connectivity index (χ0v) is 12.6. The van der Waals surface area contributed by atoms with Gasteiger partial charge in [-0.15, -0.1) is 0 Å². The van der Waals surface area contributed by atoms with Gasteiger partial charge in [0, 0.05) is 19.1 Å². The summed E-state index contributed by atoms with van der Waals surface area (Å²) in [5.74, 6) is -1.27. The van der Waals surface area contributed by atoms with Crippen LogP contribution in [0.1, 0.15) is 40.0 Å². The van der Waals surface area contributed by atoms with Crippen molar-refractivity contribution < 1.29 is 18.3 Å². The maximum absolute atomic E-state index is 12.2. The van der Waals surface area contributed by atoms with Gasteiger partial charge < -0.3 is 5.11 Å². The molecule has 1 heterocycles. The number of carboxylic acids is 1. The second-order valence-corrected chi connectivity index (χ2v) is 7.03. The van der Waals surface area contributed by atoms with Gasteiger partial charge in [0.1, 0.15) is 0 Å². The van der Waals surface area contributed by atoms with E-state index >= 15 is 0 Å². The minimum atomic E-state index is -3.58. The summed E-state index contributed by atoms with van der Waals surface area (Å²) in [5, 5.41) is 8.99. The molecule has 0 amide bonds. The van der Waals surface area contributed by atoms with Crippen LogP contribution in [0.4, 0.5) is 0 Å². The summed E-state index contributed by atoms with van der Waals surface area (Å²) in [4.78, 5) is 11.0. The maximum atomic E-state index is 12.2. The molecule has 6 nitrogen and oxygen atoms in total.